The summed E-state index contributed by atoms with van der Waals surface area (Å²) in [7, 11) is 0. The fourth-order valence-corrected chi connectivity index (χ4v) is 2.89. The number of hydrogen-bond donors (Lipinski definition) is 2. The van der Waals surface area contributed by atoms with E-state index < -0.39 is 0 Å². The highest BCUT2D eigenvalue weighted by molar-refractivity contribution is 7.99. The summed E-state index contributed by atoms with van der Waals surface area (Å²) >= 11 is 1.53. The van der Waals surface area contributed by atoms with Crippen molar-refractivity contribution in [3.63, 3.8) is 0 Å². The number of aromatic nitrogens is 2. The van der Waals surface area contributed by atoms with E-state index in [1.807, 2.05) is 24.3 Å². The van der Waals surface area contributed by atoms with Gasteiger partial charge in [0.2, 0.25) is 0 Å². The summed E-state index contributed by atoms with van der Waals surface area (Å²) in [6.07, 6.45) is 0. The smallest absolute Gasteiger partial charge is 0.194 e. The Bertz CT molecular complexity index is 774. The number of aryl methyl sites for hydroxylation is 1. The molecular formula is C17H17N3OS. The van der Waals surface area contributed by atoms with E-state index in [0.29, 0.717) is 11.7 Å². The van der Waals surface area contributed by atoms with Gasteiger partial charge in [-0.1, -0.05) is 29.8 Å². The van der Waals surface area contributed by atoms with Crippen molar-refractivity contribution in [3.8, 4) is 0 Å². The predicted molar refractivity (Wildman–Crippen MR) is 90.4 cm³/mol. The van der Waals surface area contributed by atoms with Gasteiger partial charge in [-0.2, -0.15) is 0 Å². The third-order valence-electron chi connectivity index (χ3n) is 3.22. The van der Waals surface area contributed by atoms with Crippen LogP contribution in [0.4, 0.5) is 5.82 Å². The van der Waals surface area contributed by atoms with E-state index in [2.05, 4.69) is 46.5 Å². The summed E-state index contributed by atoms with van der Waals surface area (Å²) in [6.45, 7) is 2.60. The maximum Gasteiger partial charge on any atom is 0.194 e. The molecule has 0 atom stereocenters. The number of aliphatic hydroxyl groups is 1. The van der Waals surface area contributed by atoms with Crippen LogP contribution in [0.1, 0.15) is 5.56 Å². The van der Waals surface area contributed by atoms with Crippen molar-refractivity contribution in [3.05, 3.63) is 54.1 Å². The molecule has 0 unspecified atom stereocenters. The molecule has 0 radical (unpaired) electrons. The lowest BCUT2D eigenvalue weighted by Gasteiger charge is -2.09. The highest BCUT2D eigenvalue weighted by Gasteiger charge is 2.08. The lowest BCUT2D eigenvalue weighted by atomic mass is 10.2. The predicted octanol–water partition coefficient (Wildman–Crippen LogP) is 3.49. The topological polar surface area (TPSA) is 58.0 Å². The number of benzene rings is 2. The minimum absolute atomic E-state index is 0.0682. The molecule has 1 heterocycles. The van der Waals surface area contributed by atoms with Crippen LogP contribution in [0.25, 0.3) is 10.9 Å². The van der Waals surface area contributed by atoms with Crippen molar-refractivity contribution in [1.29, 1.82) is 0 Å². The van der Waals surface area contributed by atoms with Gasteiger partial charge < -0.3 is 10.4 Å². The van der Waals surface area contributed by atoms with Crippen molar-refractivity contribution >= 4 is 28.5 Å². The molecule has 0 aliphatic rings. The van der Waals surface area contributed by atoms with Crippen LogP contribution in [0.15, 0.2) is 58.6 Å². The summed E-state index contributed by atoms with van der Waals surface area (Å²) in [4.78, 5) is 10.3. The first-order valence-corrected chi connectivity index (χ1v) is 7.94. The molecule has 5 heteroatoms. The monoisotopic (exact) mass is 311 g/mol. The molecular weight excluding hydrogens is 294 g/mol. The second kappa shape index (κ2) is 6.77. The number of fused-ring (bicyclic) bond motifs is 1. The molecule has 0 amide bonds. The number of aliphatic hydroxyl groups excluding tert-OH is 1. The quantitative estimate of drug-likeness (QED) is 0.706. The Labute approximate surface area is 133 Å². The lowest BCUT2D eigenvalue weighted by Crippen LogP contribution is -2.08. The molecule has 0 saturated heterocycles. The number of para-hydroxylation sites is 1. The van der Waals surface area contributed by atoms with Gasteiger partial charge in [0, 0.05) is 16.8 Å². The molecule has 0 bridgehead atoms. The van der Waals surface area contributed by atoms with Gasteiger partial charge in [-0.05, 0) is 43.0 Å². The first-order chi connectivity index (χ1) is 10.8. The Morgan fingerprint density at radius 3 is 2.59 bits per heavy atom. The van der Waals surface area contributed by atoms with Gasteiger partial charge in [-0.25, -0.2) is 9.97 Å². The van der Waals surface area contributed by atoms with Crippen molar-refractivity contribution in [1.82, 2.24) is 9.97 Å². The average Bonchev–Trinajstić information content (AvgIpc) is 2.55. The van der Waals surface area contributed by atoms with Crippen LogP contribution in [0.2, 0.25) is 0 Å². The largest absolute Gasteiger partial charge is 0.395 e. The lowest BCUT2D eigenvalue weighted by molar-refractivity contribution is 0.311. The Kier molecular flexibility index (Phi) is 4.56. The molecule has 1 aromatic heterocycles. The Morgan fingerprint density at radius 1 is 1.05 bits per heavy atom. The molecule has 22 heavy (non-hydrogen) atoms. The van der Waals surface area contributed by atoms with Crippen LogP contribution in [0, 0.1) is 6.92 Å². The Morgan fingerprint density at radius 2 is 1.82 bits per heavy atom. The van der Waals surface area contributed by atoms with Crippen LogP contribution in [0.3, 0.4) is 0 Å². The molecule has 2 N–H and O–H groups in total. The van der Waals surface area contributed by atoms with E-state index in [4.69, 9.17) is 5.11 Å². The summed E-state index contributed by atoms with van der Waals surface area (Å²) in [5, 5.41) is 13.8. The Hall–Kier alpha value is -2.11. The molecule has 0 aliphatic heterocycles. The van der Waals surface area contributed by atoms with Crippen LogP contribution in [0.5, 0.6) is 0 Å². The van der Waals surface area contributed by atoms with Gasteiger partial charge in [0.05, 0.1) is 12.1 Å². The van der Waals surface area contributed by atoms with E-state index in [9.17, 15) is 0 Å². The number of nitrogens with one attached hydrogen (secondary N) is 1. The van der Waals surface area contributed by atoms with Crippen molar-refractivity contribution in [2.24, 2.45) is 0 Å². The first-order valence-electron chi connectivity index (χ1n) is 7.12. The Balaban J connectivity index is 1.96. The zero-order chi connectivity index (χ0) is 15.4. The SMILES string of the molecule is Cc1ccc(Sc2nc(NCCO)c3ccccc3n2)cc1. The maximum absolute atomic E-state index is 9.02. The maximum atomic E-state index is 9.02. The van der Waals surface area contributed by atoms with Crippen molar-refractivity contribution in [2.75, 3.05) is 18.5 Å². The second-order valence-electron chi connectivity index (χ2n) is 4.94. The van der Waals surface area contributed by atoms with E-state index in [1.165, 1.54) is 17.3 Å². The highest BCUT2D eigenvalue weighted by Crippen LogP contribution is 2.29. The molecule has 3 rings (SSSR count). The summed E-state index contributed by atoms with van der Waals surface area (Å²) in [6, 6.07) is 16.2. The average molecular weight is 311 g/mol. The van der Waals surface area contributed by atoms with E-state index >= 15 is 0 Å². The van der Waals surface area contributed by atoms with Gasteiger partial charge in [0.15, 0.2) is 5.16 Å². The fourth-order valence-electron chi connectivity index (χ4n) is 2.12. The summed E-state index contributed by atoms with van der Waals surface area (Å²) in [5.74, 6) is 0.759. The zero-order valence-electron chi connectivity index (χ0n) is 12.3. The van der Waals surface area contributed by atoms with Crippen molar-refractivity contribution < 1.29 is 5.11 Å². The third kappa shape index (κ3) is 3.37. The van der Waals surface area contributed by atoms with E-state index in [0.717, 1.165) is 21.6 Å². The normalized spacial score (nSPS) is 10.8. The van der Waals surface area contributed by atoms with Gasteiger partial charge in [-0.15, -0.1) is 0 Å². The van der Waals surface area contributed by atoms with Crippen LogP contribution in [-0.2, 0) is 0 Å². The van der Waals surface area contributed by atoms with Gasteiger partial charge >= 0.3 is 0 Å². The van der Waals surface area contributed by atoms with Crippen LogP contribution in [-0.4, -0.2) is 28.2 Å². The number of hydrogen-bond acceptors (Lipinski definition) is 5. The molecule has 3 aromatic rings. The van der Waals surface area contributed by atoms with Crippen LogP contribution < -0.4 is 5.32 Å². The van der Waals surface area contributed by atoms with E-state index in [1.54, 1.807) is 0 Å². The minimum Gasteiger partial charge on any atom is -0.395 e. The number of rotatable bonds is 5. The molecule has 4 nitrogen and oxygen atoms in total. The molecule has 0 fully saturated rings. The van der Waals surface area contributed by atoms with Gasteiger partial charge in [0.25, 0.3) is 0 Å². The highest BCUT2D eigenvalue weighted by atomic mass is 32.2. The minimum atomic E-state index is 0.0682. The molecule has 2 aromatic carbocycles. The van der Waals surface area contributed by atoms with E-state index in [-0.39, 0.29) is 6.61 Å². The molecule has 0 saturated carbocycles. The first kappa shape index (κ1) is 14.8. The second-order valence-corrected chi connectivity index (χ2v) is 5.98. The fraction of sp³-hybridized carbons (Fsp3) is 0.176. The summed E-state index contributed by atoms with van der Waals surface area (Å²) < 4.78 is 0. The zero-order valence-corrected chi connectivity index (χ0v) is 13.1. The molecule has 112 valence electrons. The van der Waals surface area contributed by atoms with Crippen LogP contribution >= 0.6 is 11.8 Å². The number of nitrogens with zero attached hydrogens (tertiary/aromatic N) is 2. The molecule has 0 spiro atoms. The standard InChI is InChI=1S/C17H17N3OS/c1-12-6-8-13(9-7-12)22-17-19-15-5-3-2-4-14(15)16(20-17)18-10-11-21/h2-9,21H,10-11H2,1H3,(H,18,19,20). The van der Waals surface area contributed by atoms with Crippen molar-refractivity contribution in [2.45, 2.75) is 17.0 Å². The summed E-state index contributed by atoms with van der Waals surface area (Å²) in [5.41, 5.74) is 2.13. The van der Waals surface area contributed by atoms with Gasteiger partial charge in [-0.3, -0.25) is 0 Å². The molecule has 0 aliphatic carbocycles. The third-order valence-corrected chi connectivity index (χ3v) is 4.09. The number of anilines is 1. The van der Waals surface area contributed by atoms with Gasteiger partial charge in [0.1, 0.15) is 5.82 Å².